The molecule has 1 aromatic heterocycles. The van der Waals surface area contributed by atoms with Crippen LogP contribution in [0.25, 0.3) is 0 Å². The molecule has 0 fully saturated rings. The van der Waals surface area contributed by atoms with Gasteiger partial charge in [0.25, 0.3) is 0 Å². The second kappa shape index (κ2) is 7.53. The van der Waals surface area contributed by atoms with Gasteiger partial charge in [0.05, 0.1) is 4.47 Å². The first-order valence-electron chi connectivity index (χ1n) is 6.22. The van der Waals surface area contributed by atoms with Gasteiger partial charge >= 0.3 is 0 Å². The fourth-order valence-electron chi connectivity index (χ4n) is 1.31. The number of aliphatic hydroxyl groups excluding tert-OH is 1. The fraction of sp³-hybridized carbons (Fsp3) is 0.667. The molecule has 0 aliphatic rings. The molecular weight excluding hydrogens is 296 g/mol. The second-order valence-corrected chi connectivity index (χ2v) is 5.26. The molecule has 0 radical (unpaired) electrons. The van der Waals surface area contributed by atoms with Crippen LogP contribution in [-0.4, -0.2) is 34.3 Å². The molecule has 0 saturated heterocycles. The molecule has 6 heteroatoms. The van der Waals surface area contributed by atoms with Crippen molar-refractivity contribution in [1.29, 1.82) is 0 Å². The number of anilines is 2. The molecule has 0 aliphatic heterocycles. The lowest BCUT2D eigenvalue weighted by Crippen LogP contribution is -2.27. The van der Waals surface area contributed by atoms with Crippen LogP contribution in [-0.2, 0) is 0 Å². The van der Waals surface area contributed by atoms with Crippen LogP contribution < -0.4 is 10.6 Å². The van der Waals surface area contributed by atoms with E-state index < -0.39 is 0 Å². The molecule has 3 N–H and O–H groups in total. The Bertz CT molecular complexity index is 375. The van der Waals surface area contributed by atoms with Crippen molar-refractivity contribution in [1.82, 2.24) is 9.97 Å². The molecule has 18 heavy (non-hydrogen) atoms. The summed E-state index contributed by atoms with van der Waals surface area (Å²) in [7, 11) is 0. The van der Waals surface area contributed by atoms with Gasteiger partial charge in [-0.2, -0.15) is 4.98 Å². The molecule has 1 rings (SSSR count). The molecule has 0 bridgehead atoms. The van der Waals surface area contributed by atoms with Gasteiger partial charge in [-0.05, 0) is 35.2 Å². The van der Waals surface area contributed by atoms with Gasteiger partial charge in [-0.1, -0.05) is 13.8 Å². The maximum Gasteiger partial charge on any atom is 0.224 e. The van der Waals surface area contributed by atoms with Crippen LogP contribution in [0.1, 0.15) is 27.2 Å². The van der Waals surface area contributed by atoms with Crippen molar-refractivity contribution >= 4 is 27.7 Å². The largest absolute Gasteiger partial charge is 0.396 e. The number of hydrogen-bond donors (Lipinski definition) is 3. The zero-order valence-electron chi connectivity index (χ0n) is 11.1. The third-order valence-electron chi connectivity index (χ3n) is 2.78. The Hall–Kier alpha value is -0.880. The quantitative estimate of drug-likeness (QED) is 0.721. The van der Waals surface area contributed by atoms with Crippen LogP contribution in [0.15, 0.2) is 10.7 Å². The normalized spacial score (nSPS) is 14.1. The Morgan fingerprint density at radius 3 is 2.78 bits per heavy atom. The van der Waals surface area contributed by atoms with Crippen molar-refractivity contribution in [2.24, 2.45) is 5.92 Å². The molecule has 1 aromatic rings. The highest BCUT2D eigenvalue weighted by Crippen LogP contribution is 2.22. The van der Waals surface area contributed by atoms with Crippen LogP contribution in [0.3, 0.4) is 0 Å². The minimum atomic E-state index is 0.139. The Kier molecular flexibility index (Phi) is 6.35. The molecule has 5 nitrogen and oxygen atoms in total. The van der Waals surface area contributed by atoms with E-state index in [0.717, 1.165) is 23.3 Å². The van der Waals surface area contributed by atoms with Crippen molar-refractivity contribution in [3.05, 3.63) is 10.7 Å². The number of aliphatic hydroxyl groups is 1. The van der Waals surface area contributed by atoms with E-state index in [1.165, 1.54) is 0 Å². The number of nitrogens with one attached hydrogen (secondary N) is 2. The van der Waals surface area contributed by atoms with Crippen LogP contribution in [0.4, 0.5) is 11.8 Å². The number of halogens is 1. The molecule has 2 unspecified atom stereocenters. The molecule has 0 spiro atoms. The molecule has 2 atom stereocenters. The van der Waals surface area contributed by atoms with Gasteiger partial charge in [-0.15, -0.1) is 0 Å². The first kappa shape index (κ1) is 15.2. The molecule has 0 aromatic carbocycles. The van der Waals surface area contributed by atoms with Crippen molar-refractivity contribution in [3.8, 4) is 0 Å². The maximum atomic E-state index is 9.13. The van der Waals surface area contributed by atoms with Crippen LogP contribution in [0.5, 0.6) is 0 Å². The number of nitrogens with zero attached hydrogens (tertiary/aromatic N) is 2. The van der Waals surface area contributed by atoms with E-state index in [0.29, 0.717) is 5.95 Å². The Labute approximate surface area is 117 Å². The van der Waals surface area contributed by atoms with E-state index >= 15 is 0 Å². The van der Waals surface area contributed by atoms with Gasteiger partial charge in [-0.25, -0.2) is 4.98 Å². The van der Waals surface area contributed by atoms with E-state index in [2.05, 4.69) is 43.5 Å². The summed E-state index contributed by atoms with van der Waals surface area (Å²) in [6, 6.07) is 0.139. The van der Waals surface area contributed by atoms with Gasteiger partial charge in [0, 0.05) is 25.4 Å². The molecule has 0 saturated carbocycles. The monoisotopic (exact) mass is 316 g/mol. The van der Waals surface area contributed by atoms with Crippen LogP contribution in [0.2, 0.25) is 0 Å². The predicted molar refractivity (Wildman–Crippen MR) is 77.8 cm³/mol. The maximum absolute atomic E-state index is 9.13. The summed E-state index contributed by atoms with van der Waals surface area (Å²) in [5.41, 5.74) is 0. The topological polar surface area (TPSA) is 70.1 Å². The SMILES string of the molecule is CCCNc1ncc(Br)c(NC(C)C(C)CO)n1. The summed E-state index contributed by atoms with van der Waals surface area (Å²) in [6.45, 7) is 7.11. The van der Waals surface area contributed by atoms with Crippen LogP contribution >= 0.6 is 15.9 Å². The highest BCUT2D eigenvalue weighted by atomic mass is 79.9. The summed E-state index contributed by atoms with van der Waals surface area (Å²) in [4.78, 5) is 8.59. The van der Waals surface area contributed by atoms with Gasteiger partial charge in [0.1, 0.15) is 5.82 Å². The first-order chi connectivity index (χ1) is 8.58. The zero-order valence-corrected chi connectivity index (χ0v) is 12.7. The van der Waals surface area contributed by atoms with Gasteiger partial charge < -0.3 is 15.7 Å². The Balaban J connectivity index is 2.74. The van der Waals surface area contributed by atoms with E-state index in [-0.39, 0.29) is 18.6 Å². The highest BCUT2D eigenvalue weighted by Gasteiger charge is 2.13. The fourth-order valence-corrected chi connectivity index (χ4v) is 1.61. The lowest BCUT2D eigenvalue weighted by atomic mass is 10.1. The highest BCUT2D eigenvalue weighted by molar-refractivity contribution is 9.10. The van der Waals surface area contributed by atoms with Gasteiger partial charge in [0.15, 0.2) is 0 Å². The third-order valence-corrected chi connectivity index (χ3v) is 3.36. The van der Waals surface area contributed by atoms with E-state index in [1.54, 1.807) is 6.20 Å². The average Bonchev–Trinajstić information content (AvgIpc) is 2.38. The predicted octanol–water partition coefficient (Wildman–Crippen LogP) is 2.49. The minimum absolute atomic E-state index is 0.139. The third kappa shape index (κ3) is 4.42. The average molecular weight is 317 g/mol. The Morgan fingerprint density at radius 2 is 2.17 bits per heavy atom. The van der Waals surface area contributed by atoms with Gasteiger partial charge in [-0.3, -0.25) is 0 Å². The van der Waals surface area contributed by atoms with Crippen molar-refractivity contribution in [2.45, 2.75) is 33.2 Å². The van der Waals surface area contributed by atoms with Crippen molar-refractivity contribution < 1.29 is 5.11 Å². The smallest absolute Gasteiger partial charge is 0.224 e. The van der Waals surface area contributed by atoms with Crippen molar-refractivity contribution in [2.75, 3.05) is 23.8 Å². The molecule has 102 valence electrons. The van der Waals surface area contributed by atoms with E-state index in [4.69, 9.17) is 5.11 Å². The molecule has 0 aliphatic carbocycles. The zero-order chi connectivity index (χ0) is 13.5. The molecule has 0 amide bonds. The minimum Gasteiger partial charge on any atom is -0.396 e. The number of aromatic nitrogens is 2. The lowest BCUT2D eigenvalue weighted by molar-refractivity contribution is 0.226. The molecular formula is C12H21BrN4O. The molecule has 1 heterocycles. The van der Waals surface area contributed by atoms with E-state index in [9.17, 15) is 0 Å². The van der Waals surface area contributed by atoms with Gasteiger partial charge in [0.2, 0.25) is 5.95 Å². The first-order valence-corrected chi connectivity index (χ1v) is 7.01. The van der Waals surface area contributed by atoms with E-state index in [1.807, 2.05) is 13.8 Å². The standard InChI is InChI=1S/C12H21BrN4O/c1-4-5-14-12-15-6-10(13)11(17-12)16-9(3)8(2)7-18/h6,8-9,18H,4-5,7H2,1-3H3,(H2,14,15,16,17). The number of rotatable bonds is 7. The Morgan fingerprint density at radius 1 is 1.44 bits per heavy atom. The summed E-state index contributed by atoms with van der Waals surface area (Å²) < 4.78 is 0.821. The number of hydrogen-bond acceptors (Lipinski definition) is 5. The summed E-state index contributed by atoms with van der Waals surface area (Å²) in [5, 5.41) is 15.6. The van der Waals surface area contributed by atoms with Crippen LogP contribution in [0, 0.1) is 5.92 Å². The summed E-state index contributed by atoms with van der Waals surface area (Å²) >= 11 is 3.42. The second-order valence-electron chi connectivity index (χ2n) is 4.41. The summed E-state index contributed by atoms with van der Waals surface area (Å²) in [5.74, 6) is 1.53. The van der Waals surface area contributed by atoms with Crippen molar-refractivity contribution in [3.63, 3.8) is 0 Å². The summed E-state index contributed by atoms with van der Waals surface area (Å²) in [6.07, 6.45) is 2.75. The lowest BCUT2D eigenvalue weighted by Gasteiger charge is -2.20.